The van der Waals surface area contributed by atoms with Crippen molar-refractivity contribution in [3.05, 3.63) is 65.2 Å². The standard InChI is InChI=1S/C24H30N6O2S/c1-3-19-8-4-5-9-20(19)26-23(31)16-27-12-14-28(15-13-27)18-30-24(33)29(17-25-30)21-10-6-7-11-22(21)32-2/h4-11,17H,3,12-16,18H2,1-2H3,(H,26,31). The summed E-state index contributed by atoms with van der Waals surface area (Å²) in [4.78, 5) is 17.0. The number of hydrogen-bond acceptors (Lipinski definition) is 6. The number of benzene rings is 2. The number of para-hydroxylation sites is 3. The molecule has 4 rings (SSSR count). The number of methoxy groups -OCH3 is 1. The molecule has 3 aromatic rings. The van der Waals surface area contributed by atoms with E-state index >= 15 is 0 Å². The van der Waals surface area contributed by atoms with Gasteiger partial charge in [-0.3, -0.25) is 19.2 Å². The SMILES string of the molecule is CCc1ccccc1NC(=O)CN1CCN(Cn2ncn(-c3ccccc3OC)c2=S)CC1. The van der Waals surface area contributed by atoms with Crippen molar-refractivity contribution in [3.63, 3.8) is 0 Å². The molecule has 1 saturated heterocycles. The minimum absolute atomic E-state index is 0.0297. The molecule has 2 aromatic carbocycles. The van der Waals surface area contributed by atoms with Crippen molar-refractivity contribution in [2.45, 2.75) is 20.0 Å². The minimum Gasteiger partial charge on any atom is -0.495 e. The minimum atomic E-state index is 0.0297. The van der Waals surface area contributed by atoms with Gasteiger partial charge in [-0.05, 0) is 42.4 Å². The molecule has 0 saturated carbocycles. The van der Waals surface area contributed by atoms with Crippen LogP contribution in [0.1, 0.15) is 12.5 Å². The summed E-state index contributed by atoms with van der Waals surface area (Å²) in [6.45, 7) is 6.45. The molecule has 1 fully saturated rings. The van der Waals surface area contributed by atoms with E-state index in [-0.39, 0.29) is 5.91 Å². The number of anilines is 1. The van der Waals surface area contributed by atoms with E-state index in [2.05, 4.69) is 33.2 Å². The highest BCUT2D eigenvalue weighted by atomic mass is 32.1. The van der Waals surface area contributed by atoms with E-state index in [0.717, 1.165) is 55.3 Å². The second-order valence-corrected chi connectivity index (χ2v) is 8.41. The van der Waals surface area contributed by atoms with Crippen LogP contribution >= 0.6 is 12.2 Å². The fraction of sp³-hybridized carbons (Fsp3) is 0.375. The van der Waals surface area contributed by atoms with Crippen LogP contribution in [0.25, 0.3) is 5.69 Å². The molecule has 174 valence electrons. The predicted octanol–water partition coefficient (Wildman–Crippen LogP) is 3.19. The molecule has 0 unspecified atom stereocenters. The lowest BCUT2D eigenvalue weighted by atomic mass is 10.1. The fourth-order valence-corrected chi connectivity index (χ4v) is 4.30. The van der Waals surface area contributed by atoms with E-state index in [1.165, 1.54) is 0 Å². The average Bonchev–Trinajstić information content (AvgIpc) is 3.20. The van der Waals surface area contributed by atoms with Crippen molar-refractivity contribution < 1.29 is 9.53 Å². The lowest BCUT2D eigenvalue weighted by Gasteiger charge is -2.34. The summed E-state index contributed by atoms with van der Waals surface area (Å²) in [5.74, 6) is 0.781. The van der Waals surface area contributed by atoms with Gasteiger partial charge < -0.3 is 10.1 Å². The van der Waals surface area contributed by atoms with Gasteiger partial charge in [-0.1, -0.05) is 37.3 Å². The summed E-state index contributed by atoms with van der Waals surface area (Å²) >= 11 is 5.66. The number of carbonyl (C=O) groups is 1. The van der Waals surface area contributed by atoms with E-state index in [0.29, 0.717) is 18.0 Å². The number of rotatable bonds is 8. The molecular weight excluding hydrogens is 436 g/mol. The Morgan fingerprint density at radius 1 is 1.06 bits per heavy atom. The zero-order valence-corrected chi connectivity index (χ0v) is 19.9. The van der Waals surface area contributed by atoms with Crippen LogP contribution in [0.4, 0.5) is 5.69 Å². The Morgan fingerprint density at radius 2 is 1.76 bits per heavy atom. The molecule has 1 N–H and O–H groups in total. The summed E-state index contributed by atoms with van der Waals surface area (Å²) in [7, 11) is 1.65. The number of nitrogens with one attached hydrogen (secondary N) is 1. The van der Waals surface area contributed by atoms with Crippen LogP contribution in [0, 0.1) is 4.77 Å². The maximum absolute atomic E-state index is 12.5. The third kappa shape index (κ3) is 5.50. The largest absolute Gasteiger partial charge is 0.495 e. The second-order valence-electron chi connectivity index (χ2n) is 8.05. The van der Waals surface area contributed by atoms with E-state index in [9.17, 15) is 4.79 Å². The van der Waals surface area contributed by atoms with Crippen molar-refractivity contribution in [2.75, 3.05) is 45.2 Å². The number of amides is 1. The van der Waals surface area contributed by atoms with Gasteiger partial charge in [-0.25, -0.2) is 4.68 Å². The molecule has 0 spiro atoms. The maximum atomic E-state index is 12.5. The van der Waals surface area contributed by atoms with Gasteiger partial charge in [0.05, 0.1) is 26.0 Å². The van der Waals surface area contributed by atoms with Gasteiger partial charge >= 0.3 is 0 Å². The molecule has 0 bridgehead atoms. The number of nitrogens with zero attached hydrogens (tertiary/aromatic N) is 5. The van der Waals surface area contributed by atoms with Crippen LogP contribution in [0.15, 0.2) is 54.9 Å². The highest BCUT2D eigenvalue weighted by Gasteiger charge is 2.20. The van der Waals surface area contributed by atoms with Crippen molar-refractivity contribution in [1.29, 1.82) is 0 Å². The molecule has 1 amide bonds. The van der Waals surface area contributed by atoms with Gasteiger partial charge in [0, 0.05) is 31.9 Å². The average molecular weight is 467 g/mol. The molecule has 1 aliphatic heterocycles. The molecule has 0 atom stereocenters. The third-order valence-electron chi connectivity index (χ3n) is 5.92. The highest BCUT2D eigenvalue weighted by molar-refractivity contribution is 7.71. The van der Waals surface area contributed by atoms with Gasteiger partial charge in [0.2, 0.25) is 10.7 Å². The lowest BCUT2D eigenvalue weighted by molar-refractivity contribution is -0.117. The molecule has 1 aromatic heterocycles. The molecule has 2 heterocycles. The van der Waals surface area contributed by atoms with Gasteiger partial charge in [0.15, 0.2) is 0 Å². The highest BCUT2D eigenvalue weighted by Crippen LogP contribution is 2.22. The number of ether oxygens (including phenoxy) is 1. The Labute approximate surface area is 199 Å². The van der Waals surface area contributed by atoms with Gasteiger partial charge in [-0.15, -0.1) is 0 Å². The third-order valence-corrected chi connectivity index (χ3v) is 6.32. The van der Waals surface area contributed by atoms with Crippen molar-refractivity contribution >= 4 is 23.8 Å². The number of hydrogen-bond donors (Lipinski definition) is 1. The summed E-state index contributed by atoms with van der Waals surface area (Å²) in [6, 6.07) is 15.7. The van der Waals surface area contributed by atoms with Crippen molar-refractivity contribution in [2.24, 2.45) is 0 Å². The Hall–Kier alpha value is -3.01. The Bertz CT molecular complexity index is 1150. The zero-order valence-electron chi connectivity index (χ0n) is 19.1. The molecule has 33 heavy (non-hydrogen) atoms. The Balaban J connectivity index is 1.31. The summed E-state index contributed by atoms with van der Waals surface area (Å²) in [6.07, 6.45) is 2.62. The molecule has 1 aliphatic rings. The van der Waals surface area contributed by atoms with Crippen LogP contribution in [0.5, 0.6) is 5.75 Å². The van der Waals surface area contributed by atoms with Crippen LogP contribution in [-0.2, 0) is 17.9 Å². The van der Waals surface area contributed by atoms with Gasteiger partial charge in [0.25, 0.3) is 0 Å². The van der Waals surface area contributed by atoms with Crippen molar-refractivity contribution in [3.8, 4) is 11.4 Å². The van der Waals surface area contributed by atoms with Crippen LogP contribution in [-0.4, -0.2) is 69.9 Å². The smallest absolute Gasteiger partial charge is 0.238 e. The topological polar surface area (TPSA) is 67.6 Å². The quantitative estimate of drug-likeness (QED) is 0.515. The first-order valence-corrected chi connectivity index (χ1v) is 11.6. The van der Waals surface area contributed by atoms with E-state index in [4.69, 9.17) is 17.0 Å². The Morgan fingerprint density at radius 3 is 2.52 bits per heavy atom. The number of aryl methyl sites for hydroxylation is 1. The molecule has 8 nitrogen and oxygen atoms in total. The molecule has 9 heteroatoms. The second kappa shape index (κ2) is 10.7. The summed E-state index contributed by atoms with van der Waals surface area (Å²) < 4.78 is 9.77. The summed E-state index contributed by atoms with van der Waals surface area (Å²) in [5, 5.41) is 7.55. The maximum Gasteiger partial charge on any atom is 0.238 e. The van der Waals surface area contributed by atoms with Crippen molar-refractivity contribution in [1.82, 2.24) is 24.1 Å². The Kier molecular flexibility index (Phi) is 7.54. The lowest BCUT2D eigenvalue weighted by Crippen LogP contribution is -2.49. The number of piperazine rings is 1. The molecular formula is C24H30N6O2S. The molecule has 0 radical (unpaired) electrons. The van der Waals surface area contributed by atoms with Crippen LogP contribution < -0.4 is 10.1 Å². The van der Waals surface area contributed by atoms with E-state index in [1.54, 1.807) is 13.4 Å². The first kappa shape index (κ1) is 23.2. The fourth-order valence-electron chi connectivity index (χ4n) is 4.05. The first-order chi connectivity index (χ1) is 16.1. The van der Waals surface area contributed by atoms with Gasteiger partial charge in [0.1, 0.15) is 12.1 Å². The predicted molar refractivity (Wildman–Crippen MR) is 131 cm³/mol. The summed E-state index contributed by atoms with van der Waals surface area (Å²) in [5.41, 5.74) is 2.93. The molecule has 0 aliphatic carbocycles. The number of aromatic nitrogens is 3. The number of carbonyl (C=O) groups excluding carboxylic acids is 1. The van der Waals surface area contributed by atoms with Crippen LogP contribution in [0.2, 0.25) is 0 Å². The monoisotopic (exact) mass is 466 g/mol. The first-order valence-electron chi connectivity index (χ1n) is 11.2. The van der Waals surface area contributed by atoms with Crippen LogP contribution in [0.3, 0.4) is 0 Å². The van der Waals surface area contributed by atoms with Gasteiger partial charge in [-0.2, -0.15) is 5.10 Å². The van der Waals surface area contributed by atoms with E-state index in [1.807, 2.05) is 51.7 Å². The zero-order chi connectivity index (χ0) is 23.2. The normalized spacial score (nSPS) is 14.8. The van der Waals surface area contributed by atoms with E-state index < -0.39 is 0 Å².